The van der Waals surface area contributed by atoms with E-state index < -0.39 is 0 Å². The molecule has 0 bridgehead atoms. The fourth-order valence-corrected chi connectivity index (χ4v) is 3.50. The molecular weight excluding hydrogens is 346 g/mol. The van der Waals surface area contributed by atoms with E-state index in [1.165, 1.54) is 0 Å². The number of pyridine rings is 1. The van der Waals surface area contributed by atoms with Gasteiger partial charge in [0.05, 0.1) is 5.02 Å². The molecule has 2 aromatic carbocycles. The zero-order valence-corrected chi connectivity index (χ0v) is 15.3. The van der Waals surface area contributed by atoms with Crippen molar-refractivity contribution in [2.75, 3.05) is 10.2 Å². The molecule has 5 heteroatoms. The maximum Gasteiger partial charge on any atom is 0.261 e. The van der Waals surface area contributed by atoms with Crippen molar-refractivity contribution >= 4 is 29.0 Å². The second-order valence-corrected chi connectivity index (χ2v) is 6.85. The van der Waals surface area contributed by atoms with E-state index in [2.05, 4.69) is 36.3 Å². The molecule has 1 atom stereocenters. The minimum atomic E-state index is -0.327. The summed E-state index contributed by atoms with van der Waals surface area (Å²) in [6.45, 7) is 4.12. The lowest BCUT2D eigenvalue weighted by molar-refractivity contribution is 0.0992. The molecule has 26 heavy (non-hydrogen) atoms. The van der Waals surface area contributed by atoms with Crippen molar-refractivity contribution in [1.29, 1.82) is 0 Å². The first-order valence-corrected chi connectivity index (χ1v) is 8.81. The summed E-state index contributed by atoms with van der Waals surface area (Å²) < 4.78 is 0. The molecule has 1 aromatic heterocycles. The first-order chi connectivity index (χ1) is 12.6. The number of hydrogen-bond acceptors (Lipinski definition) is 3. The Balaban J connectivity index is 1.82. The van der Waals surface area contributed by atoms with Crippen LogP contribution >= 0.6 is 11.6 Å². The van der Waals surface area contributed by atoms with E-state index in [1.807, 2.05) is 30.3 Å². The molecule has 130 valence electrons. The topological polar surface area (TPSA) is 45.2 Å². The lowest BCUT2D eigenvalue weighted by Crippen LogP contribution is -2.33. The van der Waals surface area contributed by atoms with Crippen LogP contribution in [0, 0.1) is 13.8 Å². The molecule has 4 nitrogen and oxygen atoms in total. The molecule has 0 saturated heterocycles. The monoisotopic (exact) mass is 363 g/mol. The van der Waals surface area contributed by atoms with E-state index in [0.29, 0.717) is 16.4 Å². The Bertz CT molecular complexity index is 965. The molecule has 4 rings (SSSR count). The molecule has 2 heterocycles. The number of amides is 1. The standard InChI is InChI=1S/C21H18ClN3O/c1-13-6-5-7-14(2)19(13)24-20-16-8-3-4-9-17(16)21(26)25(20)18-11-10-15(22)12-23-18/h3-12,20,24H,1-2H3. The number of para-hydroxylation sites is 1. The normalized spacial score (nSPS) is 15.9. The lowest BCUT2D eigenvalue weighted by atomic mass is 10.1. The van der Waals surface area contributed by atoms with Crippen LogP contribution in [0.5, 0.6) is 0 Å². The van der Waals surface area contributed by atoms with Crippen molar-refractivity contribution in [3.63, 3.8) is 0 Å². The van der Waals surface area contributed by atoms with Gasteiger partial charge in [0.2, 0.25) is 0 Å². The average molecular weight is 364 g/mol. The van der Waals surface area contributed by atoms with Crippen molar-refractivity contribution in [1.82, 2.24) is 4.98 Å². The number of aryl methyl sites for hydroxylation is 2. The van der Waals surface area contributed by atoms with Crippen LogP contribution in [0.15, 0.2) is 60.8 Å². The van der Waals surface area contributed by atoms with Gasteiger partial charge in [-0.3, -0.25) is 9.69 Å². The van der Waals surface area contributed by atoms with Crippen LogP contribution in [-0.2, 0) is 0 Å². The number of halogens is 1. The Kier molecular flexibility index (Phi) is 4.13. The summed E-state index contributed by atoms with van der Waals surface area (Å²) in [5, 5.41) is 4.10. The van der Waals surface area contributed by atoms with Crippen molar-refractivity contribution in [2.24, 2.45) is 0 Å². The van der Waals surface area contributed by atoms with Crippen molar-refractivity contribution in [3.05, 3.63) is 88.1 Å². The molecule has 0 spiro atoms. The van der Waals surface area contributed by atoms with E-state index in [0.717, 1.165) is 22.4 Å². The molecule has 0 radical (unpaired) electrons. The number of nitrogens with one attached hydrogen (secondary N) is 1. The summed E-state index contributed by atoms with van der Waals surface area (Å²) in [4.78, 5) is 19.1. The molecule has 1 amide bonds. The Labute approximate surface area is 157 Å². The van der Waals surface area contributed by atoms with Crippen LogP contribution < -0.4 is 10.2 Å². The van der Waals surface area contributed by atoms with E-state index >= 15 is 0 Å². The molecular formula is C21H18ClN3O. The average Bonchev–Trinajstić information content (AvgIpc) is 2.92. The number of hydrogen-bond donors (Lipinski definition) is 1. The number of fused-ring (bicyclic) bond motifs is 1. The Morgan fingerprint density at radius 2 is 1.73 bits per heavy atom. The van der Waals surface area contributed by atoms with Gasteiger partial charge in [0, 0.05) is 23.0 Å². The van der Waals surface area contributed by atoms with Crippen molar-refractivity contribution < 1.29 is 4.79 Å². The number of rotatable bonds is 3. The predicted octanol–water partition coefficient (Wildman–Crippen LogP) is 5.12. The van der Waals surface area contributed by atoms with Gasteiger partial charge < -0.3 is 5.32 Å². The summed E-state index contributed by atoms with van der Waals surface area (Å²) in [5.41, 5.74) is 4.92. The number of carbonyl (C=O) groups is 1. The van der Waals surface area contributed by atoms with Crippen LogP contribution in [-0.4, -0.2) is 10.9 Å². The van der Waals surface area contributed by atoms with Gasteiger partial charge in [0.15, 0.2) is 0 Å². The SMILES string of the molecule is Cc1cccc(C)c1NC1c2ccccc2C(=O)N1c1ccc(Cl)cn1. The quantitative estimate of drug-likeness (QED) is 0.702. The smallest absolute Gasteiger partial charge is 0.261 e. The molecule has 0 aliphatic carbocycles. The van der Waals surface area contributed by atoms with Gasteiger partial charge in [0.1, 0.15) is 12.0 Å². The van der Waals surface area contributed by atoms with Crippen LogP contribution in [0.3, 0.4) is 0 Å². The van der Waals surface area contributed by atoms with E-state index in [-0.39, 0.29) is 12.1 Å². The van der Waals surface area contributed by atoms with E-state index in [4.69, 9.17) is 11.6 Å². The van der Waals surface area contributed by atoms with Gasteiger partial charge in [-0.05, 0) is 43.2 Å². The second kappa shape index (κ2) is 6.46. The molecule has 1 aliphatic heterocycles. The molecule has 3 aromatic rings. The maximum atomic E-state index is 13.1. The third-order valence-electron chi connectivity index (χ3n) is 4.68. The Hall–Kier alpha value is -2.85. The van der Waals surface area contributed by atoms with Gasteiger partial charge in [-0.25, -0.2) is 4.98 Å². The fraction of sp³-hybridized carbons (Fsp3) is 0.143. The largest absolute Gasteiger partial charge is 0.361 e. The predicted molar refractivity (Wildman–Crippen MR) is 105 cm³/mol. The van der Waals surface area contributed by atoms with Crippen LogP contribution in [0.2, 0.25) is 5.02 Å². The zero-order valence-electron chi connectivity index (χ0n) is 14.5. The zero-order chi connectivity index (χ0) is 18.3. The second-order valence-electron chi connectivity index (χ2n) is 6.41. The first kappa shape index (κ1) is 16.6. The number of carbonyl (C=O) groups excluding carboxylic acids is 1. The van der Waals surface area contributed by atoms with Crippen molar-refractivity contribution in [3.8, 4) is 0 Å². The summed E-state index contributed by atoms with van der Waals surface area (Å²) in [6.07, 6.45) is 1.23. The van der Waals surface area contributed by atoms with E-state index in [9.17, 15) is 4.79 Å². The summed E-state index contributed by atoms with van der Waals surface area (Å²) in [7, 11) is 0. The number of benzene rings is 2. The van der Waals surface area contributed by atoms with Gasteiger partial charge in [-0.15, -0.1) is 0 Å². The highest BCUT2D eigenvalue weighted by atomic mass is 35.5. The highest BCUT2D eigenvalue weighted by Gasteiger charge is 2.38. The molecule has 0 fully saturated rings. The Morgan fingerprint density at radius 3 is 2.42 bits per heavy atom. The highest BCUT2D eigenvalue weighted by Crippen LogP contribution is 2.38. The number of aromatic nitrogens is 1. The number of anilines is 2. The van der Waals surface area contributed by atoms with Crippen LogP contribution in [0.25, 0.3) is 0 Å². The molecule has 1 aliphatic rings. The van der Waals surface area contributed by atoms with Gasteiger partial charge in [-0.1, -0.05) is 48.0 Å². The molecule has 0 saturated carbocycles. The molecule has 1 unspecified atom stereocenters. The summed E-state index contributed by atoms with van der Waals surface area (Å²) >= 11 is 5.97. The molecule has 1 N–H and O–H groups in total. The Morgan fingerprint density at radius 1 is 1.00 bits per heavy atom. The van der Waals surface area contributed by atoms with Gasteiger partial charge >= 0.3 is 0 Å². The first-order valence-electron chi connectivity index (χ1n) is 8.43. The summed E-state index contributed by atoms with van der Waals surface area (Å²) in [5.74, 6) is 0.499. The van der Waals surface area contributed by atoms with Gasteiger partial charge in [-0.2, -0.15) is 0 Å². The van der Waals surface area contributed by atoms with Gasteiger partial charge in [0.25, 0.3) is 5.91 Å². The highest BCUT2D eigenvalue weighted by molar-refractivity contribution is 6.30. The maximum absolute atomic E-state index is 13.1. The minimum Gasteiger partial charge on any atom is -0.361 e. The minimum absolute atomic E-state index is 0.0702. The fourth-order valence-electron chi connectivity index (χ4n) is 3.38. The van der Waals surface area contributed by atoms with Crippen LogP contribution in [0.1, 0.15) is 33.2 Å². The van der Waals surface area contributed by atoms with E-state index in [1.54, 1.807) is 23.2 Å². The number of nitrogens with zero attached hydrogens (tertiary/aromatic N) is 2. The van der Waals surface area contributed by atoms with Crippen molar-refractivity contribution in [2.45, 2.75) is 20.0 Å². The third kappa shape index (κ3) is 2.72. The summed E-state index contributed by atoms with van der Waals surface area (Å²) in [6, 6.07) is 17.3. The van der Waals surface area contributed by atoms with Crippen LogP contribution in [0.4, 0.5) is 11.5 Å². The third-order valence-corrected chi connectivity index (χ3v) is 4.91. The lowest BCUT2D eigenvalue weighted by Gasteiger charge is -2.27.